The summed E-state index contributed by atoms with van der Waals surface area (Å²) < 4.78 is 52.0. The van der Waals surface area contributed by atoms with Crippen LogP contribution in [0.4, 0.5) is 22.4 Å². The SMILES string of the molecule is CC1(F)C[C@@H](C(=O)NCc2cc(-c3ccc(C(F)(F)F)nc3)ncn2)N(C(=O)O)C1. The van der Waals surface area contributed by atoms with Crippen LogP contribution in [0.5, 0.6) is 0 Å². The largest absolute Gasteiger partial charge is 0.465 e. The lowest BCUT2D eigenvalue weighted by atomic mass is 10.0. The highest BCUT2D eigenvalue weighted by Crippen LogP contribution is 2.31. The van der Waals surface area contributed by atoms with E-state index in [1.165, 1.54) is 25.4 Å². The van der Waals surface area contributed by atoms with Gasteiger partial charge in [-0.2, -0.15) is 13.2 Å². The zero-order valence-electron chi connectivity index (χ0n) is 15.6. The lowest BCUT2D eigenvalue weighted by molar-refractivity contribution is -0.141. The standard InChI is InChI=1S/C18H17F4N5O3/c1-17(19)5-13(27(8-17)16(29)30)15(28)24-7-11-4-12(26-9-25-11)10-2-3-14(23-6-10)18(20,21)22/h2-4,6,9,13H,5,7-8H2,1H3,(H,24,28)(H,29,30)/t13-,17?/m0/s1. The molecule has 2 aromatic heterocycles. The van der Waals surface area contributed by atoms with Crippen LogP contribution in [0, 0.1) is 0 Å². The van der Waals surface area contributed by atoms with Crippen molar-refractivity contribution in [3.8, 4) is 11.3 Å². The van der Waals surface area contributed by atoms with E-state index < -0.39 is 42.1 Å². The number of nitrogens with zero attached hydrogens (tertiary/aromatic N) is 4. The van der Waals surface area contributed by atoms with Crippen molar-refractivity contribution in [3.63, 3.8) is 0 Å². The van der Waals surface area contributed by atoms with E-state index in [4.69, 9.17) is 5.11 Å². The summed E-state index contributed by atoms with van der Waals surface area (Å²) >= 11 is 0. The Morgan fingerprint density at radius 3 is 2.63 bits per heavy atom. The van der Waals surface area contributed by atoms with Crippen LogP contribution < -0.4 is 5.32 Å². The van der Waals surface area contributed by atoms with Crippen LogP contribution in [0.1, 0.15) is 24.7 Å². The summed E-state index contributed by atoms with van der Waals surface area (Å²) in [5, 5.41) is 11.7. The molecule has 0 radical (unpaired) electrons. The van der Waals surface area contributed by atoms with Gasteiger partial charge in [0.1, 0.15) is 23.7 Å². The summed E-state index contributed by atoms with van der Waals surface area (Å²) in [5.41, 5.74) is -1.90. The third-order valence-corrected chi connectivity index (χ3v) is 4.56. The van der Waals surface area contributed by atoms with Crippen LogP contribution in [-0.2, 0) is 17.5 Å². The second-order valence-electron chi connectivity index (χ2n) is 7.09. The first-order valence-corrected chi connectivity index (χ1v) is 8.77. The molecule has 3 rings (SSSR count). The fraction of sp³-hybridized carbons (Fsp3) is 0.389. The van der Waals surface area contributed by atoms with E-state index in [1.807, 2.05) is 0 Å². The second kappa shape index (κ2) is 7.84. The Morgan fingerprint density at radius 2 is 2.03 bits per heavy atom. The Morgan fingerprint density at radius 1 is 1.30 bits per heavy atom. The summed E-state index contributed by atoms with van der Waals surface area (Å²) in [6, 6.07) is 2.32. The minimum absolute atomic E-state index is 0.102. The zero-order chi connectivity index (χ0) is 22.1. The molecule has 1 aliphatic heterocycles. The third-order valence-electron chi connectivity index (χ3n) is 4.56. The summed E-state index contributed by atoms with van der Waals surface area (Å²) in [4.78, 5) is 35.7. The fourth-order valence-electron chi connectivity index (χ4n) is 3.14. The van der Waals surface area contributed by atoms with Crippen molar-refractivity contribution in [2.45, 2.75) is 37.8 Å². The molecule has 0 aliphatic carbocycles. The van der Waals surface area contributed by atoms with Gasteiger partial charge in [-0.05, 0) is 25.1 Å². The minimum atomic E-state index is -4.56. The van der Waals surface area contributed by atoms with Gasteiger partial charge >= 0.3 is 12.3 Å². The van der Waals surface area contributed by atoms with Crippen molar-refractivity contribution in [3.05, 3.63) is 42.1 Å². The average molecular weight is 427 g/mol. The number of pyridine rings is 1. The third kappa shape index (κ3) is 4.81. The van der Waals surface area contributed by atoms with Gasteiger partial charge in [0.25, 0.3) is 0 Å². The van der Waals surface area contributed by atoms with E-state index in [1.54, 1.807) is 0 Å². The van der Waals surface area contributed by atoms with Crippen molar-refractivity contribution in [2.24, 2.45) is 0 Å². The monoisotopic (exact) mass is 427 g/mol. The van der Waals surface area contributed by atoms with Crippen LogP contribution in [0.25, 0.3) is 11.3 Å². The number of hydrogen-bond donors (Lipinski definition) is 2. The van der Waals surface area contributed by atoms with Gasteiger partial charge < -0.3 is 10.4 Å². The first-order valence-electron chi connectivity index (χ1n) is 8.77. The van der Waals surface area contributed by atoms with Gasteiger partial charge in [0.2, 0.25) is 5.91 Å². The van der Waals surface area contributed by atoms with Gasteiger partial charge in [0.05, 0.1) is 24.5 Å². The van der Waals surface area contributed by atoms with Crippen LogP contribution in [0.3, 0.4) is 0 Å². The Hall–Kier alpha value is -3.31. The predicted octanol–water partition coefficient (Wildman–Crippen LogP) is 2.65. The van der Waals surface area contributed by atoms with E-state index in [9.17, 15) is 27.2 Å². The zero-order valence-corrected chi connectivity index (χ0v) is 15.6. The van der Waals surface area contributed by atoms with Crippen LogP contribution in [0.15, 0.2) is 30.7 Å². The maximum absolute atomic E-state index is 14.2. The number of rotatable bonds is 4. The van der Waals surface area contributed by atoms with Gasteiger partial charge in [-0.15, -0.1) is 0 Å². The highest BCUT2D eigenvalue weighted by atomic mass is 19.4. The molecule has 160 valence electrons. The predicted molar refractivity (Wildman–Crippen MR) is 94.8 cm³/mol. The molecule has 30 heavy (non-hydrogen) atoms. The first kappa shape index (κ1) is 21.4. The van der Waals surface area contributed by atoms with Gasteiger partial charge in [-0.25, -0.2) is 19.2 Å². The van der Waals surface area contributed by atoms with E-state index in [0.29, 0.717) is 17.0 Å². The number of aromatic nitrogens is 3. The Labute approximate surface area is 168 Å². The molecular formula is C18H17F4N5O3. The average Bonchev–Trinajstić information content (AvgIpc) is 3.02. The lowest BCUT2D eigenvalue weighted by Crippen LogP contribution is -2.45. The molecule has 0 aromatic carbocycles. The molecule has 1 saturated heterocycles. The lowest BCUT2D eigenvalue weighted by Gasteiger charge is -2.20. The van der Waals surface area contributed by atoms with Gasteiger partial charge in [0, 0.05) is 18.2 Å². The molecule has 0 bridgehead atoms. The van der Waals surface area contributed by atoms with Crippen LogP contribution in [0.2, 0.25) is 0 Å². The molecule has 12 heteroatoms. The number of nitrogens with one attached hydrogen (secondary N) is 1. The maximum atomic E-state index is 14.2. The molecule has 1 aliphatic rings. The quantitative estimate of drug-likeness (QED) is 0.727. The number of carboxylic acid groups (broad SMARTS) is 1. The fourth-order valence-corrected chi connectivity index (χ4v) is 3.14. The summed E-state index contributed by atoms with van der Waals surface area (Å²) in [6.07, 6.45) is -4.02. The van der Waals surface area contributed by atoms with E-state index in [2.05, 4.69) is 20.3 Å². The van der Waals surface area contributed by atoms with Crippen molar-refractivity contribution >= 4 is 12.0 Å². The molecule has 0 saturated carbocycles. The molecule has 3 heterocycles. The minimum Gasteiger partial charge on any atom is -0.465 e. The van der Waals surface area contributed by atoms with Crippen LogP contribution in [-0.4, -0.2) is 55.2 Å². The number of halogens is 4. The topological polar surface area (TPSA) is 108 Å². The number of carbonyl (C=O) groups excluding carboxylic acids is 1. The molecule has 8 nitrogen and oxygen atoms in total. The summed E-state index contributed by atoms with van der Waals surface area (Å²) in [7, 11) is 0. The molecule has 2 aromatic rings. The molecule has 2 amide bonds. The Kier molecular flexibility index (Phi) is 5.59. The molecule has 2 N–H and O–H groups in total. The number of likely N-dealkylation sites (tertiary alicyclic amines) is 1. The summed E-state index contributed by atoms with van der Waals surface area (Å²) in [6.45, 7) is 0.722. The maximum Gasteiger partial charge on any atom is 0.433 e. The number of hydrogen-bond acceptors (Lipinski definition) is 5. The smallest absolute Gasteiger partial charge is 0.433 e. The molecule has 1 unspecified atom stereocenters. The highest BCUT2D eigenvalue weighted by Gasteiger charge is 2.46. The van der Waals surface area contributed by atoms with Gasteiger partial charge in [0.15, 0.2) is 0 Å². The summed E-state index contributed by atoms with van der Waals surface area (Å²) in [5.74, 6) is -0.671. The van der Waals surface area contributed by atoms with Crippen LogP contribution >= 0.6 is 0 Å². The van der Waals surface area contributed by atoms with Crippen molar-refractivity contribution in [1.82, 2.24) is 25.2 Å². The van der Waals surface area contributed by atoms with E-state index >= 15 is 0 Å². The van der Waals surface area contributed by atoms with Crippen molar-refractivity contribution < 1.29 is 32.3 Å². The van der Waals surface area contributed by atoms with Gasteiger partial charge in [-0.3, -0.25) is 14.7 Å². The number of alkyl halides is 4. The molecule has 1 fully saturated rings. The highest BCUT2D eigenvalue weighted by molar-refractivity contribution is 5.86. The van der Waals surface area contributed by atoms with Gasteiger partial charge in [-0.1, -0.05) is 0 Å². The van der Waals surface area contributed by atoms with Crippen molar-refractivity contribution in [1.29, 1.82) is 0 Å². The first-order chi connectivity index (χ1) is 14.0. The van der Waals surface area contributed by atoms with E-state index in [-0.39, 0.29) is 13.0 Å². The Balaban J connectivity index is 1.68. The Bertz CT molecular complexity index is 950. The molecule has 2 atom stereocenters. The van der Waals surface area contributed by atoms with Crippen molar-refractivity contribution in [2.75, 3.05) is 6.54 Å². The molecule has 0 spiro atoms. The van der Waals surface area contributed by atoms with E-state index in [0.717, 1.165) is 17.2 Å². The molecular weight excluding hydrogens is 410 g/mol. The second-order valence-corrected chi connectivity index (χ2v) is 7.09. The number of amides is 2. The number of carbonyl (C=O) groups is 2. The normalized spacial score (nSPS) is 21.5.